The van der Waals surface area contributed by atoms with Crippen molar-refractivity contribution in [1.29, 1.82) is 0 Å². The Kier molecular flexibility index (Phi) is 7.50. The highest BCUT2D eigenvalue weighted by atomic mass is 35.5. The molecule has 0 aromatic heterocycles. The first-order valence-electron chi connectivity index (χ1n) is 5.35. The quantitative estimate of drug-likeness (QED) is 0.844. The van der Waals surface area contributed by atoms with Crippen LogP contribution in [0.4, 0.5) is 4.39 Å². The summed E-state index contributed by atoms with van der Waals surface area (Å²) in [4.78, 5) is 11.1. The van der Waals surface area contributed by atoms with Crippen LogP contribution >= 0.6 is 12.4 Å². The maximum atomic E-state index is 12.8. The normalized spacial score (nSPS) is 9.59. The van der Waals surface area contributed by atoms with Gasteiger partial charge in [0, 0.05) is 19.5 Å². The van der Waals surface area contributed by atoms with Crippen molar-refractivity contribution in [1.82, 2.24) is 5.32 Å². The maximum absolute atomic E-state index is 12.8. The fourth-order valence-corrected chi connectivity index (χ4v) is 1.50. The van der Waals surface area contributed by atoms with E-state index in [0.29, 0.717) is 25.9 Å². The highest BCUT2D eigenvalue weighted by Gasteiger charge is 2.02. The van der Waals surface area contributed by atoms with Crippen LogP contribution in [0.25, 0.3) is 0 Å². The van der Waals surface area contributed by atoms with Gasteiger partial charge < -0.3 is 11.1 Å². The van der Waals surface area contributed by atoms with E-state index in [2.05, 4.69) is 5.32 Å². The molecule has 0 saturated heterocycles. The molecular weight excluding hydrogens is 243 g/mol. The molecule has 0 aliphatic carbocycles. The summed E-state index contributed by atoms with van der Waals surface area (Å²) in [6.45, 7) is 2.78. The Morgan fingerprint density at radius 1 is 1.47 bits per heavy atom. The molecule has 1 rings (SSSR count). The molecule has 0 spiro atoms. The molecule has 3 N–H and O–H groups in total. The second-order valence-corrected chi connectivity index (χ2v) is 3.71. The van der Waals surface area contributed by atoms with Crippen LogP contribution in [-0.2, 0) is 11.2 Å². The third-order valence-corrected chi connectivity index (χ3v) is 2.39. The second kappa shape index (κ2) is 8.03. The monoisotopic (exact) mass is 260 g/mol. The number of aryl methyl sites for hydroxylation is 1. The highest BCUT2D eigenvalue weighted by molar-refractivity contribution is 5.85. The standard InChI is InChI=1S/C12H17FN2O.ClH/c1-9-8-11(13)3-2-10(9)5-7-15-12(16)4-6-14;/h2-3,8H,4-7,14H2,1H3,(H,15,16);1H. The Balaban J connectivity index is 0.00000256. The predicted octanol–water partition coefficient (Wildman–Crippen LogP) is 1.56. The number of rotatable bonds is 5. The van der Waals surface area contributed by atoms with E-state index in [0.717, 1.165) is 11.1 Å². The lowest BCUT2D eigenvalue weighted by Crippen LogP contribution is -2.27. The summed E-state index contributed by atoms with van der Waals surface area (Å²) >= 11 is 0. The maximum Gasteiger partial charge on any atom is 0.221 e. The van der Waals surface area contributed by atoms with Gasteiger partial charge in [-0.1, -0.05) is 6.07 Å². The Morgan fingerprint density at radius 3 is 2.76 bits per heavy atom. The fraction of sp³-hybridized carbons (Fsp3) is 0.417. The second-order valence-electron chi connectivity index (χ2n) is 3.71. The SMILES string of the molecule is Cc1cc(F)ccc1CCNC(=O)CCN.Cl. The number of halogens is 2. The summed E-state index contributed by atoms with van der Waals surface area (Å²) in [5.74, 6) is -0.268. The molecule has 1 aromatic rings. The molecule has 3 nitrogen and oxygen atoms in total. The van der Waals surface area contributed by atoms with Crippen molar-refractivity contribution >= 4 is 18.3 Å². The van der Waals surface area contributed by atoms with Crippen molar-refractivity contribution in [3.63, 3.8) is 0 Å². The number of nitrogens with two attached hydrogens (primary N) is 1. The van der Waals surface area contributed by atoms with Crippen molar-refractivity contribution in [2.75, 3.05) is 13.1 Å². The van der Waals surface area contributed by atoms with Gasteiger partial charge in [0.1, 0.15) is 5.82 Å². The first-order chi connectivity index (χ1) is 7.63. The van der Waals surface area contributed by atoms with E-state index in [4.69, 9.17) is 5.73 Å². The minimum Gasteiger partial charge on any atom is -0.356 e. The van der Waals surface area contributed by atoms with Gasteiger partial charge in [-0.05, 0) is 36.6 Å². The number of benzene rings is 1. The Bertz CT molecular complexity index is 372. The minimum atomic E-state index is -0.228. The Morgan fingerprint density at radius 2 is 2.18 bits per heavy atom. The van der Waals surface area contributed by atoms with Crippen LogP contribution in [0.2, 0.25) is 0 Å². The molecule has 0 radical (unpaired) electrons. The van der Waals surface area contributed by atoms with Crippen LogP contribution in [0.15, 0.2) is 18.2 Å². The van der Waals surface area contributed by atoms with Gasteiger partial charge in [0.15, 0.2) is 0 Å². The summed E-state index contributed by atoms with van der Waals surface area (Å²) in [6, 6.07) is 4.68. The summed E-state index contributed by atoms with van der Waals surface area (Å²) in [5.41, 5.74) is 7.21. The van der Waals surface area contributed by atoms with E-state index >= 15 is 0 Å². The Hall–Kier alpha value is -1.13. The summed E-state index contributed by atoms with van der Waals surface area (Å²) < 4.78 is 12.8. The first-order valence-corrected chi connectivity index (χ1v) is 5.35. The van der Waals surface area contributed by atoms with Crippen LogP contribution in [0.3, 0.4) is 0 Å². The lowest BCUT2D eigenvalue weighted by molar-refractivity contribution is -0.120. The van der Waals surface area contributed by atoms with Crippen molar-refractivity contribution in [3.05, 3.63) is 35.1 Å². The van der Waals surface area contributed by atoms with Gasteiger partial charge >= 0.3 is 0 Å². The van der Waals surface area contributed by atoms with Gasteiger partial charge in [0.2, 0.25) is 5.91 Å². The predicted molar refractivity (Wildman–Crippen MR) is 68.8 cm³/mol. The van der Waals surface area contributed by atoms with Crippen LogP contribution in [-0.4, -0.2) is 19.0 Å². The first kappa shape index (κ1) is 15.9. The van der Waals surface area contributed by atoms with Gasteiger partial charge in [0.05, 0.1) is 0 Å². The Labute approximate surface area is 107 Å². The molecule has 0 saturated carbocycles. The minimum absolute atomic E-state index is 0. The number of amides is 1. The molecule has 0 aliphatic heterocycles. The fourth-order valence-electron chi connectivity index (χ4n) is 1.50. The van der Waals surface area contributed by atoms with Crippen molar-refractivity contribution in [2.45, 2.75) is 19.8 Å². The van der Waals surface area contributed by atoms with Gasteiger partial charge in [-0.3, -0.25) is 4.79 Å². The lowest BCUT2D eigenvalue weighted by Gasteiger charge is -2.07. The smallest absolute Gasteiger partial charge is 0.221 e. The number of carbonyl (C=O) groups excluding carboxylic acids is 1. The zero-order valence-corrected chi connectivity index (χ0v) is 10.6. The van der Waals surface area contributed by atoms with Gasteiger partial charge in [-0.15, -0.1) is 12.4 Å². The zero-order chi connectivity index (χ0) is 12.0. The van der Waals surface area contributed by atoms with E-state index in [9.17, 15) is 9.18 Å². The summed E-state index contributed by atoms with van der Waals surface area (Å²) in [7, 11) is 0. The third kappa shape index (κ3) is 5.65. The molecule has 0 atom stereocenters. The van der Waals surface area contributed by atoms with E-state index in [-0.39, 0.29) is 24.1 Å². The van der Waals surface area contributed by atoms with Gasteiger partial charge in [-0.25, -0.2) is 4.39 Å². The van der Waals surface area contributed by atoms with E-state index < -0.39 is 0 Å². The average molecular weight is 261 g/mol. The molecule has 1 amide bonds. The number of nitrogens with one attached hydrogen (secondary N) is 1. The topological polar surface area (TPSA) is 55.1 Å². The van der Waals surface area contributed by atoms with Crippen LogP contribution < -0.4 is 11.1 Å². The molecule has 0 heterocycles. The molecule has 0 bridgehead atoms. The highest BCUT2D eigenvalue weighted by Crippen LogP contribution is 2.10. The molecule has 96 valence electrons. The van der Waals surface area contributed by atoms with E-state index in [1.165, 1.54) is 12.1 Å². The third-order valence-electron chi connectivity index (χ3n) is 2.39. The molecular formula is C12H18ClFN2O. The van der Waals surface area contributed by atoms with Gasteiger partial charge in [0.25, 0.3) is 0 Å². The van der Waals surface area contributed by atoms with E-state index in [1.807, 2.05) is 6.92 Å². The molecule has 17 heavy (non-hydrogen) atoms. The molecule has 0 aliphatic rings. The molecule has 1 aromatic carbocycles. The zero-order valence-electron chi connectivity index (χ0n) is 9.83. The molecule has 5 heteroatoms. The number of carbonyl (C=O) groups is 1. The van der Waals surface area contributed by atoms with E-state index in [1.54, 1.807) is 6.07 Å². The van der Waals surface area contributed by atoms with Crippen molar-refractivity contribution < 1.29 is 9.18 Å². The summed E-state index contributed by atoms with van der Waals surface area (Å²) in [5, 5.41) is 2.76. The largest absolute Gasteiger partial charge is 0.356 e. The lowest BCUT2D eigenvalue weighted by atomic mass is 10.1. The van der Waals surface area contributed by atoms with Crippen molar-refractivity contribution in [3.8, 4) is 0 Å². The van der Waals surface area contributed by atoms with Crippen LogP contribution in [0, 0.1) is 12.7 Å². The number of hydrogen-bond donors (Lipinski definition) is 2. The molecule has 0 unspecified atom stereocenters. The average Bonchev–Trinajstić information content (AvgIpc) is 2.22. The number of hydrogen-bond acceptors (Lipinski definition) is 2. The van der Waals surface area contributed by atoms with Crippen molar-refractivity contribution in [2.24, 2.45) is 5.73 Å². The van der Waals surface area contributed by atoms with Gasteiger partial charge in [-0.2, -0.15) is 0 Å². The van der Waals surface area contributed by atoms with Crippen LogP contribution in [0.1, 0.15) is 17.5 Å². The molecule has 0 fully saturated rings. The summed E-state index contributed by atoms with van der Waals surface area (Å²) in [6.07, 6.45) is 1.06. The van der Waals surface area contributed by atoms with Crippen LogP contribution in [0.5, 0.6) is 0 Å².